The van der Waals surface area contributed by atoms with E-state index in [1.54, 1.807) is 0 Å². The van der Waals surface area contributed by atoms with Gasteiger partial charge in [-0.05, 0) is 18.5 Å². The van der Waals surface area contributed by atoms with Crippen LogP contribution in [0, 0.1) is 0 Å². The number of aromatic amines is 1. The molecule has 2 rings (SSSR count). The van der Waals surface area contributed by atoms with Crippen LogP contribution in [0.1, 0.15) is 18.3 Å². The van der Waals surface area contributed by atoms with Gasteiger partial charge in [0.1, 0.15) is 5.82 Å². The third-order valence-electron chi connectivity index (χ3n) is 2.51. The molecular weight excluding hydrogens is 200 g/mol. The summed E-state index contributed by atoms with van der Waals surface area (Å²) < 4.78 is 0. The molecule has 0 fully saturated rings. The number of aromatic nitrogens is 3. The zero-order chi connectivity index (χ0) is 11.4. The summed E-state index contributed by atoms with van der Waals surface area (Å²) in [5, 5.41) is 7.08. The lowest BCUT2D eigenvalue weighted by Crippen LogP contribution is -2.02. The van der Waals surface area contributed by atoms with E-state index in [1.807, 2.05) is 12.1 Å². The Labute approximate surface area is 94.9 Å². The van der Waals surface area contributed by atoms with Crippen LogP contribution in [0.4, 0.5) is 0 Å². The number of benzene rings is 1. The van der Waals surface area contributed by atoms with Crippen LogP contribution in [0.3, 0.4) is 0 Å². The van der Waals surface area contributed by atoms with Crippen molar-refractivity contribution in [2.45, 2.75) is 19.8 Å². The average molecular weight is 216 g/mol. The molecule has 1 aromatic carbocycles. The molecule has 0 aliphatic rings. The Balaban J connectivity index is 2.20. The third-order valence-corrected chi connectivity index (χ3v) is 2.51. The van der Waals surface area contributed by atoms with Crippen LogP contribution in [-0.4, -0.2) is 21.7 Å². The molecule has 0 saturated heterocycles. The maximum atomic E-state index is 5.50. The van der Waals surface area contributed by atoms with Crippen molar-refractivity contribution >= 4 is 0 Å². The molecule has 16 heavy (non-hydrogen) atoms. The molecule has 0 aliphatic carbocycles. The Morgan fingerprint density at radius 3 is 2.56 bits per heavy atom. The zero-order valence-electron chi connectivity index (χ0n) is 9.40. The Bertz CT molecular complexity index is 444. The molecule has 4 nitrogen and oxygen atoms in total. The van der Waals surface area contributed by atoms with E-state index in [0.29, 0.717) is 6.54 Å². The standard InChI is InChI=1S/C12H16N4/c1-2-11-14-12(16-15-11)10-5-3-9(4-6-10)7-8-13/h3-6H,2,7-8,13H2,1H3,(H,14,15,16). The van der Waals surface area contributed by atoms with Gasteiger partial charge in [-0.1, -0.05) is 31.2 Å². The lowest BCUT2D eigenvalue weighted by molar-refractivity contribution is 0.946. The van der Waals surface area contributed by atoms with E-state index < -0.39 is 0 Å². The summed E-state index contributed by atoms with van der Waals surface area (Å²) in [6, 6.07) is 8.22. The van der Waals surface area contributed by atoms with Gasteiger partial charge in [-0.2, -0.15) is 5.10 Å². The summed E-state index contributed by atoms with van der Waals surface area (Å²) in [6.45, 7) is 2.73. The number of hydrogen-bond acceptors (Lipinski definition) is 3. The minimum Gasteiger partial charge on any atom is -0.330 e. The molecule has 0 aliphatic heterocycles. The first-order valence-electron chi connectivity index (χ1n) is 5.54. The van der Waals surface area contributed by atoms with E-state index in [-0.39, 0.29) is 0 Å². The quantitative estimate of drug-likeness (QED) is 0.814. The maximum Gasteiger partial charge on any atom is 0.181 e. The van der Waals surface area contributed by atoms with Crippen LogP contribution in [-0.2, 0) is 12.8 Å². The van der Waals surface area contributed by atoms with E-state index in [2.05, 4.69) is 34.2 Å². The van der Waals surface area contributed by atoms with E-state index >= 15 is 0 Å². The van der Waals surface area contributed by atoms with Crippen LogP contribution < -0.4 is 5.73 Å². The van der Waals surface area contributed by atoms with E-state index in [9.17, 15) is 0 Å². The highest BCUT2D eigenvalue weighted by molar-refractivity contribution is 5.54. The molecule has 84 valence electrons. The average Bonchev–Trinajstić information content (AvgIpc) is 2.79. The van der Waals surface area contributed by atoms with Gasteiger partial charge in [0, 0.05) is 12.0 Å². The van der Waals surface area contributed by atoms with Gasteiger partial charge in [-0.3, -0.25) is 5.10 Å². The fraction of sp³-hybridized carbons (Fsp3) is 0.333. The first kappa shape index (κ1) is 10.8. The van der Waals surface area contributed by atoms with Crippen molar-refractivity contribution in [3.63, 3.8) is 0 Å². The number of hydrogen-bond donors (Lipinski definition) is 2. The van der Waals surface area contributed by atoms with Crippen molar-refractivity contribution in [3.05, 3.63) is 35.7 Å². The smallest absolute Gasteiger partial charge is 0.181 e. The fourth-order valence-corrected chi connectivity index (χ4v) is 1.57. The molecule has 0 atom stereocenters. The van der Waals surface area contributed by atoms with Gasteiger partial charge < -0.3 is 5.73 Å². The van der Waals surface area contributed by atoms with Crippen LogP contribution >= 0.6 is 0 Å². The third kappa shape index (κ3) is 2.28. The van der Waals surface area contributed by atoms with Crippen molar-refractivity contribution in [2.75, 3.05) is 6.54 Å². The number of rotatable bonds is 4. The maximum absolute atomic E-state index is 5.50. The van der Waals surface area contributed by atoms with Crippen molar-refractivity contribution in [1.29, 1.82) is 0 Å². The highest BCUT2D eigenvalue weighted by atomic mass is 15.2. The lowest BCUT2D eigenvalue weighted by Gasteiger charge is -1.99. The molecule has 0 bridgehead atoms. The lowest BCUT2D eigenvalue weighted by atomic mass is 10.1. The molecule has 1 heterocycles. The second-order valence-electron chi connectivity index (χ2n) is 3.69. The Morgan fingerprint density at radius 2 is 2.00 bits per heavy atom. The van der Waals surface area contributed by atoms with Gasteiger partial charge in [0.05, 0.1) is 0 Å². The predicted octanol–water partition coefficient (Wildman–Crippen LogP) is 1.54. The molecule has 0 radical (unpaired) electrons. The van der Waals surface area contributed by atoms with E-state index in [0.717, 1.165) is 30.1 Å². The minimum atomic E-state index is 0.681. The Morgan fingerprint density at radius 1 is 1.25 bits per heavy atom. The van der Waals surface area contributed by atoms with Crippen LogP contribution in [0.15, 0.2) is 24.3 Å². The Kier molecular flexibility index (Phi) is 3.31. The Hall–Kier alpha value is -1.68. The summed E-state index contributed by atoms with van der Waals surface area (Å²) in [5.41, 5.74) is 7.79. The topological polar surface area (TPSA) is 67.6 Å². The predicted molar refractivity (Wildman–Crippen MR) is 64.0 cm³/mol. The van der Waals surface area contributed by atoms with Crippen LogP contribution in [0.25, 0.3) is 11.4 Å². The second-order valence-corrected chi connectivity index (χ2v) is 3.69. The summed E-state index contributed by atoms with van der Waals surface area (Å²) in [6.07, 6.45) is 1.78. The fourth-order valence-electron chi connectivity index (χ4n) is 1.57. The number of nitrogens with one attached hydrogen (secondary N) is 1. The van der Waals surface area contributed by atoms with Crippen LogP contribution in [0.5, 0.6) is 0 Å². The van der Waals surface area contributed by atoms with Crippen molar-refractivity contribution in [3.8, 4) is 11.4 Å². The monoisotopic (exact) mass is 216 g/mol. The number of nitrogens with two attached hydrogens (primary N) is 1. The summed E-state index contributed by atoms with van der Waals surface area (Å²) in [4.78, 5) is 4.38. The zero-order valence-corrected chi connectivity index (χ0v) is 9.40. The summed E-state index contributed by atoms with van der Waals surface area (Å²) in [7, 11) is 0. The van der Waals surface area contributed by atoms with Gasteiger partial charge in [-0.15, -0.1) is 0 Å². The van der Waals surface area contributed by atoms with Crippen LogP contribution in [0.2, 0.25) is 0 Å². The molecule has 0 saturated carbocycles. The van der Waals surface area contributed by atoms with Gasteiger partial charge in [0.15, 0.2) is 5.82 Å². The molecule has 0 unspecified atom stereocenters. The van der Waals surface area contributed by atoms with Crippen molar-refractivity contribution in [2.24, 2.45) is 5.73 Å². The largest absolute Gasteiger partial charge is 0.330 e. The van der Waals surface area contributed by atoms with Crippen molar-refractivity contribution in [1.82, 2.24) is 15.2 Å². The molecular formula is C12H16N4. The molecule has 1 aromatic heterocycles. The normalized spacial score (nSPS) is 10.6. The number of nitrogens with zero attached hydrogens (tertiary/aromatic N) is 2. The van der Waals surface area contributed by atoms with Gasteiger partial charge in [-0.25, -0.2) is 4.98 Å². The number of H-pyrrole nitrogens is 1. The van der Waals surface area contributed by atoms with Gasteiger partial charge >= 0.3 is 0 Å². The van der Waals surface area contributed by atoms with E-state index in [4.69, 9.17) is 5.73 Å². The number of aryl methyl sites for hydroxylation is 1. The summed E-state index contributed by atoms with van der Waals surface area (Å²) >= 11 is 0. The second kappa shape index (κ2) is 4.90. The summed E-state index contributed by atoms with van der Waals surface area (Å²) in [5.74, 6) is 1.68. The molecule has 4 heteroatoms. The SMILES string of the molecule is CCc1nc(-c2ccc(CCN)cc2)n[nH]1. The van der Waals surface area contributed by atoms with E-state index in [1.165, 1.54) is 5.56 Å². The van der Waals surface area contributed by atoms with Gasteiger partial charge in [0.25, 0.3) is 0 Å². The molecule has 3 N–H and O–H groups in total. The highest BCUT2D eigenvalue weighted by Crippen LogP contribution is 2.15. The molecule has 2 aromatic rings. The molecule has 0 amide bonds. The minimum absolute atomic E-state index is 0.681. The first-order valence-corrected chi connectivity index (χ1v) is 5.54. The molecule has 0 spiro atoms. The van der Waals surface area contributed by atoms with Crippen molar-refractivity contribution < 1.29 is 0 Å². The highest BCUT2D eigenvalue weighted by Gasteiger charge is 2.04. The first-order chi connectivity index (χ1) is 7.83. The van der Waals surface area contributed by atoms with Gasteiger partial charge in [0.2, 0.25) is 0 Å².